The summed E-state index contributed by atoms with van der Waals surface area (Å²) in [5.41, 5.74) is 2.01. The lowest BCUT2D eigenvalue weighted by Crippen LogP contribution is -2.51. The summed E-state index contributed by atoms with van der Waals surface area (Å²) < 4.78 is 399. The normalized spacial score (nSPS) is 14.1. The standard InChI is InChI=1S/C30H29F5N2O7S.C23H27NO4.2C15H18F5NO4S.C15H17F5O4S/c1-36(45(43,44)28-26(34)24(32)23(31)25(33)27(28)35)21(15-38)29(40)37(19-11-12-20(30(41)42)22(39)13-19)14-16-7-9-18(10-8-16)17-5-3-2-4-6-17;1-5-20(21(25)28-23(2,3)4)24-22(26)27-14-19-17-12-8-6-10-15(17)16-11-7-9-13-18(16)19;2*1-6-7(14(22)25-15(2,3)4)21(5)26(23,24)13-11(19)9(17)8(16)10(18)12(13)20;1-5-7(14(21)24-15(2,3)4)6-25(22,23)13-11(19)9(17)8(16)10(18)12(13)20/h7-13,17,21,38-39H,2-6,14-15H2,1H3,(H,41,42);6-13,19-20H,5,14H2,1-4H3,(H,24,26);2*7H,6H2,1-5H3;7H,5-6H2,1-4H3/t21-;20-;3*7-/m00001/s1. The molecule has 0 aliphatic heterocycles. The van der Waals surface area contributed by atoms with Crippen molar-refractivity contribution in [2.75, 3.05) is 45.0 Å². The maximum Gasteiger partial charge on any atom is 0.407 e. The average Bonchev–Trinajstić information content (AvgIpc) is 1.27. The van der Waals surface area contributed by atoms with Crippen LogP contribution >= 0.6 is 0 Å². The molecule has 28 nitrogen and oxygen atoms in total. The van der Waals surface area contributed by atoms with Gasteiger partial charge in [0.05, 0.1) is 24.8 Å². The molecular weight excluding hydrogens is 2120 g/mol. The monoisotopic (exact) mass is 2230 g/mol. The first-order chi connectivity index (χ1) is 69.0. The highest BCUT2D eigenvalue weighted by atomic mass is 32.2. The quantitative estimate of drug-likeness (QED) is 0.00811. The first-order valence-corrected chi connectivity index (χ1v) is 51.4. The van der Waals surface area contributed by atoms with Crippen LogP contribution in [-0.2, 0) is 94.1 Å². The van der Waals surface area contributed by atoms with E-state index in [-0.39, 0.29) is 56.9 Å². The van der Waals surface area contributed by atoms with Gasteiger partial charge in [-0.15, -0.1) is 0 Å². The molecule has 10 rings (SSSR count). The topological polar surface area (TPSA) is 388 Å². The van der Waals surface area contributed by atoms with Gasteiger partial charge in [0.25, 0.3) is 0 Å². The van der Waals surface area contributed by atoms with Gasteiger partial charge in [-0.3, -0.25) is 19.2 Å². The minimum absolute atomic E-state index is 0.0141. The first kappa shape index (κ1) is 127. The van der Waals surface area contributed by atoms with Crippen molar-refractivity contribution in [3.8, 4) is 16.9 Å². The molecule has 828 valence electrons. The summed E-state index contributed by atoms with van der Waals surface area (Å²) in [5.74, 6) is -58.8. The van der Waals surface area contributed by atoms with Crippen LogP contribution in [0.2, 0.25) is 0 Å². The van der Waals surface area contributed by atoms with E-state index in [1.807, 2.05) is 43.3 Å². The van der Waals surface area contributed by atoms with Crippen molar-refractivity contribution in [3.05, 3.63) is 235 Å². The summed E-state index contributed by atoms with van der Waals surface area (Å²) in [6, 6.07) is 20.5. The number of nitrogens with one attached hydrogen (secondary N) is 1. The molecule has 2 amide bonds. The van der Waals surface area contributed by atoms with Gasteiger partial charge >= 0.3 is 35.9 Å². The number of phenols is 1. The van der Waals surface area contributed by atoms with Gasteiger partial charge in [0.2, 0.25) is 59.2 Å². The molecule has 0 bridgehead atoms. The van der Waals surface area contributed by atoms with Gasteiger partial charge in [0.15, 0.2) is 118 Å². The Kier molecular flexibility index (Phi) is 42.9. The van der Waals surface area contributed by atoms with E-state index in [4.69, 9.17) is 23.7 Å². The number of alkyl carbamates (subject to hydrolysis) is 1. The van der Waals surface area contributed by atoms with Gasteiger partial charge in [-0.2, -0.15) is 12.9 Å². The molecule has 8 aromatic rings. The maximum absolute atomic E-state index is 14.5. The predicted octanol–water partition coefficient (Wildman–Crippen LogP) is 19.5. The molecule has 2 aliphatic carbocycles. The van der Waals surface area contributed by atoms with E-state index in [1.54, 1.807) is 32.9 Å². The van der Waals surface area contributed by atoms with Gasteiger partial charge in [-0.1, -0.05) is 120 Å². The molecule has 5 atom stereocenters. The Bertz CT molecular complexity index is 6550. The number of aromatic hydroxyl groups is 1. The average molecular weight is 2230 g/mol. The third-order valence-electron chi connectivity index (χ3n) is 22.4. The number of fused-ring (bicyclic) bond motifs is 3. The van der Waals surface area contributed by atoms with E-state index in [2.05, 4.69) is 29.6 Å². The third kappa shape index (κ3) is 30.0. The van der Waals surface area contributed by atoms with Crippen LogP contribution in [0.4, 0.5) is 98.3 Å². The number of carboxylic acids is 1. The lowest BCUT2D eigenvalue weighted by atomic mass is 9.84. The fourth-order valence-electron chi connectivity index (χ4n) is 14.9. The molecule has 0 saturated heterocycles. The van der Waals surface area contributed by atoms with Crippen LogP contribution in [0.5, 0.6) is 5.75 Å². The molecule has 1 fully saturated rings. The van der Waals surface area contributed by atoms with Crippen molar-refractivity contribution in [2.24, 2.45) is 5.92 Å². The number of hydrogen-bond donors (Lipinski definition) is 4. The van der Waals surface area contributed by atoms with Gasteiger partial charge in [0.1, 0.15) is 69.4 Å². The molecule has 0 heterocycles. The van der Waals surface area contributed by atoms with E-state index in [1.165, 1.54) is 94.2 Å². The fourth-order valence-corrected chi connectivity index (χ4v) is 21.1. The van der Waals surface area contributed by atoms with Gasteiger partial charge < -0.3 is 49.2 Å². The number of nitrogens with zero attached hydrogens (tertiary/aromatic N) is 4. The minimum atomic E-state index is -5.65. The third-order valence-corrected chi connectivity index (χ3v) is 29.9. The van der Waals surface area contributed by atoms with Crippen LogP contribution in [0.3, 0.4) is 0 Å². The molecule has 52 heteroatoms. The number of sulfonamides is 3. The predicted molar refractivity (Wildman–Crippen MR) is 499 cm³/mol. The number of amides is 2. The summed E-state index contributed by atoms with van der Waals surface area (Å²) in [5, 5.41) is 32.3. The number of aliphatic hydroxyl groups excluding tert-OH is 1. The lowest BCUT2D eigenvalue weighted by Gasteiger charge is -2.31. The highest BCUT2D eigenvalue weighted by molar-refractivity contribution is 7.91. The van der Waals surface area contributed by atoms with E-state index >= 15 is 0 Å². The van der Waals surface area contributed by atoms with Crippen molar-refractivity contribution in [2.45, 2.75) is 253 Å². The molecule has 0 unspecified atom stereocenters. The van der Waals surface area contributed by atoms with Crippen molar-refractivity contribution in [1.82, 2.24) is 18.2 Å². The van der Waals surface area contributed by atoms with Crippen LogP contribution < -0.4 is 10.2 Å². The zero-order valence-corrected chi connectivity index (χ0v) is 87.1. The van der Waals surface area contributed by atoms with Crippen LogP contribution in [-0.4, -0.2) is 190 Å². The molecule has 0 spiro atoms. The molecule has 8 aromatic carbocycles. The second-order valence-corrected chi connectivity index (χ2v) is 45.4. The Morgan fingerprint density at radius 3 is 1.05 bits per heavy atom. The number of esters is 4. The van der Waals surface area contributed by atoms with Gasteiger partial charge in [-0.05, 0) is 173 Å². The Labute approximate surface area is 851 Å². The second kappa shape index (κ2) is 50.9. The molecular formula is C98H109F20N5O23S4. The van der Waals surface area contributed by atoms with Crippen molar-refractivity contribution < 1.29 is 194 Å². The number of carbonyl (C=O) groups is 7. The summed E-state index contributed by atoms with van der Waals surface area (Å²) in [7, 11) is -18.9. The number of anilines is 1. The Morgan fingerprint density at radius 1 is 0.407 bits per heavy atom. The van der Waals surface area contributed by atoms with Crippen molar-refractivity contribution in [1.29, 1.82) is 0 Å². The molecule has 2 aliphatic rings. The van der Waals surface area contributed by atoms with E-state index < -0.39 is 294 Å². The molecule has 4 N–H and O–H groups in total. The van der Waals surface area contributed by atoms with E-state index in [0.717, 1.165) is 86.0 Å². The number of rotatable bonds is 30. The van der Waals surface area contributed by atoms with Crippen LogP contribution in [0, 0.1) is 122 Å². The number of hydrogen-bond acceptors (Lipinski definition) is 22. The second-order valence-electron chi connectivity index (χ2n) is 37.7. The van der Waals surface area contributed by atoms with Crippen molar-refractivity contribution in [3.63, 3.8) is 0 Å². The van der Waals surface area contributed by atoms with Crippen LogP contribution in [0.1, 0.15) is 213 Å². The zero-order valence-electron chi connectivity index (χ0n) is 83.9. The maximum atomic E-state index is 14.5. The number of carboxylic acid groups (broad SMARTS) is 1. The first-order valence-electron chi connectivity index (χ1n) is 45.4. The number of aliphatic hydroxyl groups is 1. The zero-order chi connectivity index (χ0) is 114. The van der Waals surface area contributed by atoms with E-state index in [0.29, 0.717) is 24.9 Å². The highest BCUT2D eigenvalue weighted by Crippen LogP contribution is 2.46. The highest BCUT2D eigenvalue weighted by Gasteiger charge is 2.47. The number of aromatic carboxylic acids is 1. The van der Waals surface area contributed by atoms with Crippen LogP contribution in [0.15, 0.2) is 111 Å². The largest absolute Gasteiger partial charge is 0.507 e. The summed E-state index contributed by atoms with van der Waals surface area (Å²) >= 11 is 0. The molecule has 150 heavy (non-hydrogen) atoms. The smallest absolute Gasteiger partial charge is 0.407 e. The minimum Gasteiger partial charge on any atom is -0.507 e. The number of likely N-dealkylation sites (N-methyl/N-ethyl adjacent to an activating group) is 3. The summed E-state index contributed by atoms with van der Waals surface area (Å²) in [4.78, 5) is 78.7. The fraction of sp³-hybridized carbons (Fsp3) is 0.439. The molecule has 0 radical (unpaired) electrons. The number of carbonyl (C=O) groups excluding carboxylic acids is 6. The summed E-state index contributed by atoms with van der Waals surface area (Å²) in [6.07, 6.45) is 4.77. The SMILES string of the molecule is CC[C@@H](C(=O)OC(C)(C)C)N(C)S(=O)(=O)c1c(F)c(F)c(F)c(F)c1F.CC[C@@H](C(=O)OC(C)(C)C)N(C)S(=O)(=O)c1c(F)c(F)c(F)c(F)c1F.CC[C@H](CS(=O)(=O)c1c(F)c(F)c(F)c(F)c1F)C(=O)OC(C)(C)C.CC[C@H](NC(=O)OCC1c2ccccc2-c2ccccc21)C(=O)OC(C)(C)C.CN([C@@H](CO)C(=O)N(Cc1ccc(C2CCCCC2)cc1)c1ccc(C(=O)O)c(O)c1)S(=O)(=O)c1c(F)c(F)c(F)c(F)c1F. The molecule has 1 saturated carbocycles. The number of halogens is 20. The van der Waals surface area contributed by atoms with Gasteiger partial charge in [-0.25, -0.2) is 136 Å². The lowest BCUT2D eigenvalue weighted by molar-refractivity contribution is -0.160. The van der Waals surface area contributed by atoms with E-state index in [9.17, 15) is 170 Å². The molecule has 0 aromatic heterocycles. The Balaban J connectivity index is 0.000000293. The van der Waals surface area contributed by atoms with Crippen molar-refractivity contribution >= 4 is 87.4 Å². The number of ether oxygens (including phenoxy) is 5. The summed E-state index contributed by atoms with van der Waals surface area (Å²) in [6.45, 7) is 23.6. The number of sulfone groups is 1. The van der Waals surface area contributed by atoms with Gasteiger partial charge in [0, 0.05) is 38.8 Å². The Hall–Kier alpha value is -12.1. The number of benzene rings is 8. The Morgan fingerprint density at radius 2 is 0.733 bits per heavy atom. The van der Waals surface area contributed by atoms with Crippen LogP contribution in [0.25, 0.3) is 11.1 Å².